The fourth-order valence-corrected chi connectivity index (χ4v) is 4.56. The van der Waals surface area contributed by atoms with Gasteiger partial charge in [-0.3, -0.25) is 14.5 Å². The van der Waals surface area contributed by atoms with Gasteiger partial charge in [-0.2, -0.15) is 0 Å². The molecule has 0 bridgehead atoms. The van der Waals surface area contributed by atoms with Crippen LogP contribution in [0.2, 0.25) is 0 Å². The lowest BCUT2D eigenvalue weighted by Crippen LogP contribution is -2.36. The SMILES string of the molecule is CN(CC(=O)Nc1ccccc1C(=O)NC1CCCC1)Cc1ccc(N2CCOCC2)cc1. The number of carbonyl (C=O) groups is 2. The number of nitrogens with one attached hydrogen (secondary N) is 2. The van der Waals surface area contributed by atoms with Crippen LogP contribution in [0.1, 0.15) is 41.6 Å². The fraction of sp³-hybridized carbons (Fsp3) is 0.462. The molecule has 1 aliphatic carbocycles. The predicted molar refractivity (Wildman–Crippen MR) is 131 cm³/mol. The van der Waals surface area contributed by atoms with E-state index in [9.17, 15) is 9.59 Å². The minimum Gasteiger partial charge on any atom is -0.378 e. The Morgan fingerprint density at radius 3 is 2.45 bits per heavy atom. The zero-order valence-corrected chi connectivity index (χ0v) is 19.4. The van der Waals surface area contributed by atoms with E-state index in [1.165, 1.54) is 5.69 Å². The summed E-state index contributed by atoms with van der Waals surface area (Å²) in [5.41, 5.74) is 3.42. The quantitative estimate of drug-likeness (QED) is 0.646. The summed E-state index contributed by atoms with van der Waals surface area (Å²) in [4.78, 5) is 29.7. The van der Waals surface area contributed by atoms with Crippen molar-refractivity contribution in [3.8, 4) is 0 Å². The van der Waals surface area contributed by atoms with Gasteiger partial charge in [-0.15, -0.1) is 0 Å². The van der Waals surface area contributed by atoms with E-state index in [-0.39, 0.29) is 24.4 Å². The molecule has 2 aromatic rings. The maximum absolute atomic E-state index is 12.7. The first-order valence-corrected chi connectivity index (χ1v) is 11.9. The van der Waals surface area contributed by atoms with Crippen LogP contribution in [-0.4, -0.2) is 62.7 Å². The van der Waals surface area contributed by atoms with Crippen molar-refractivity contribution in [1.29, 1.82) is 0 Å². The molecule has 33 heavy (non-hydrogen) atoms. The van der Waals surface area contributed by atoms with Gasteiger partial charge in [-0.25, -0.2) is 0 Å². The standard InChI is InChI=1S/C26H34N4O3/c1-29(18-20-10-12-22(13-11-20)30-14-16-33-17-15-30)19-25(31)28-24-9-5-4-8-23(24)26(32)27-21-6-2-3-7-21/h4-5,8-13,21H,2-3,6-7,14-19H2,1H3,(H,27,32)(H,28,31). The molecule has 2 aromatic carbocycles. The van der Waals surface area contributed by atoms with Crippen LogP contribution >= 0.6 is 0 Å². The molecule has 2 fully saturated rings. The monoisotopic (exact) mass is 450 g/mol. The molecule has 7 heteroatoms. The lowest BCUT2D eigenvalue weighted by Gasteiger charge is -2.29. The van der Waals surface area contributed by atoms with Gasteiger partial charge in [-0.1, -0.05) is 37.1 Å². The third-order valence-corrected chi connectivity index (χ3v) is 6.31. The molecule has 0 radical (unpaired) electrons. The zero-order valence-electron chi connectivity index (χ0n) is 19.4. The summed E-state index contributed by atoms with van der Waals surface area (Å²) in [7, 11) is 1.92. The van der Waals surface area contributed by atoms with Crippen molar-refractivity contribution >= 4 is 23.2 Å². The smallest absolute Gasteiger partial charge is 0.253 e. The minimum atomic E-state index is -0.136. The molecular weight excluding hydrogens is 416 g/mol. The van der Waals surface area contributed by atoms with Gasteiger partial charge in [0, 0.05) is 31.4 Å². The Morgan fingerprint density at radius 1 is 1.03 bits per heavy atom. The van der Waals surface area contributed by atoms with Crippen molar-refractivity contribution in [3.05, 3.63) is 59.7 Å². The number of likely N-dealkylation sites (N-methyl/N-ethyl adjacent to an activating group) is 1. The minimum absolute atomic E-state index is 0.119. The number of hydrogen-bond donors (Lipinski definition) is 2. The van der Waals surface area contributed by atoms with Crippen molar-refractivity contribution in [2.45, 2.75) is 38.3 Å². The topological polar surface area (TPSA) is 73.9 Å². The Hall–Kier alpha value is -2.90. The molecule has 7 nitrogen and oxygen atoms in total. The summed E-state index contributed by atoms with van der Waals surface area (Å²) in [6, 6.07) is 15.9. The van der Waals surface area contributed by atoms with E-state index < -0.39 is 0 Å². The molecule has 0 unspecified atom stereocenters. The molecule has 1 aliphatic heterocycles. The summed E-state index contributed by atoms with van der Waals surface area (Å²) < 4.78 is 5.42. The first-order chi connectivity index (χ1) is 16.1. The van der Waals surface area contributed by atoms with Crippen LogP contribution in [0.25, 0.3) is 0 Å². The fourth-order valence-electron chi connectivity index (χ4n) is 4.56. The third-order valence-electron chi connectivity index (χ3n) is 6.31. The molecule has 4 rings (SSSR count). The number of anilines is 2. The number of rotatable bonds is 8. The number of morpholine rings is 1. The molecule has 1 saturated heterocycles. The number of carbonyl (C=O) groups excluding carboxylic acids is 2. The first-order valence-electron chi connectivity index (χ1n) is 11.9. The summed E-state index contributed by atoms with van der Waals surface area (Å²) in [6.07, 6.45) is 4.37. The predicted octanol–water partition coefficient (Wildman–Crippen LogP) is 3.27. The highest BCUT2D eigenvalue weighted by Crippen LogP contribution is 2.21. The van der Waals surface area contributed by atoms with Crippen LogP contribution in [0.15, 0.2) is 48.5 Å². The molecule has 0 atom stereocenters. The molecule has 1 heterocycles. The Kier molecular flexibility index (Phi) is 7.96. The van der Waals surface area contributed by atoms with Crippen LogP contribution in [0.5, 0.6) is 0 Å². The second kappa shape index (κ2) is 11.3. The molecule has 0 aromatic heterocycles. The number of para-hydroxylation sites is 1. The molecule has 2 N–H and O–H groups in total. The van der Waals surface area contributed by atoms with Crippen LogP contribution < -0.4 is 15.5 Å². The number of amides is 2. The maximum atomic E-state index is 12.7. The summed E-state index contributed by atoms with van der Waals surface area (Å²) in [6.45, 7) is 4.28. The van der Waals surface area contributed by atoms with Gasteiger partial charge in [0.1, 0.15) is 0 Å². The zero-order chi connectivity index (χ0) is 23.0. The molecule has 176 valence electrons. The Morgan fingerprint density at radius 2 is 1.73 bits per heavy atom. The van der Waals surface area contributed by atoms with E-state index in [4.69, 9.17) is 4.74 Å². The third kappa shape index (κ3) is 6.55. The number of nitrogens with zero attached hydrogens (tertiary/aromatic N) is 2. The maximum Gasteiger partial charge on any atom is 0.253 e. The van der Waals surface area contributed by atoms with Gasteiger partial charge in [-0.05, 0) is 49.7 Å². The van der Waals surface area contributed by atoms with E-state index in [0.717, 1.165) is 57.6 Å². The van der Waals surface area contributed by atoms with Crippen molar-refractivity contribution in [3.63, 3.8) is 0 Å². The highest BCUT2D eigenvalue weighted by Gasteiger charge is 2.20. The lowest BCUT2D eigenvalue weighted by atomic mass is 10.1. The van der Waals surface area contributed by atoms with Gasteiger partial charge >= 0.3 is 0 Å². The molecule has 2 amide bonds. The highest BCUT2D eigenvalue weighted by atomic mass is 16.5. The molecule has 2 aliphatic rings. The number of hydrogen-bond acceptors (Lipinski definition) is 5. The summed E-state index contributed by atoms with van der Waals surface area (Å²) >= 11 is 0. The van der Waals surface area contributed by atoms with Crippen molar-refractivity contribution in [2.24, 2.45) is 0 Å². The van der Waals surface area contributed by atoms with Gasteiger partial charge in [0.15, 0.2) is 0 Å². The Bertz CT molecular complexity index is 935. The molecule has 1 saturated carbocycles. The normalized spacial score (nSPS) is 16.7. The Balaban J connectivity index is 1.29. The van der Waals surface area contributed by atoms with Gasteiger partial charge in [0.05, 0.1) is 31.0 Å². The lowest BCUT2D eigenvalue weighted by molar-refractivity contribution is -0.117. The summed E-state index contributed by atoms with van der Waals surface area (Å²) in [5.74, 6) is -0.255. The van der Waals surface area contributed by atoms with Gasteiger partial charge in [0.25, 0.3) is 5.91 Å². The van der Waals surface area contributed by atoms with Gasteiger partial charge in [0.2, 0.25) is 5.91 Å². The van der Waals surface area contributed by atoms with E-state index in [0.29, 0.717) is 17.8 Å². The molecular formula is C26H34N4O3. The number of ether oxygens (including phenoxy) is 1. The van der Waals surface area contributed by atoms with E-state index in [1.807, 2.05) is 24.1 Å². The summed E-state index contributed by atoms with van der Waals surface area (Å²) in [5, 5.41) is 6.02. The highest BCUT2D eigenvalue weighted by molar-refractivity contribution is 6.04. The van der Waals surface area contributed by atoms with E-state index in [2.05, 4.69) is 39.8 Å². The average Bonchev–Trinajstić information content (AvgIpc) is 3.33. The van der Waals surface area contributed by atoms with E-state index in [1.54, 1.807) is 12.1 Å². The Labute approximate surface area is 196 Å². The molecule has 0 spiro atoms. The van der Waals surface area contributed by atoms with Crippen LogP contribution in [0.3, 0.4) is 0 Å². The second-order valence-electron chi connectivity index (χ2n) is 8.99. The van der Waals surface area contributed by atoms with Crippen LogP contribution in [0.4, 0.5) is 11.4 Å². The average molecular weight is 451 g/mol. The van der Waals surface area contributed by atoms with Crippen molar-refractivity contribution in [1.82, 2.24) is 10.2 Å². The largest absolute Gasteiger partial charge is 0.378 e. The van der Waals surface area contributed by atoms with Crippen molar-refractivity contribution in [2.75, 3.05) is 50.1 Å². The second-order valence-corrected chi connectivity index (χ2v) is 8.99. The van der Waals surface area contributed by atoms with Crippen LogP contribution in [-0.2, 0) is 16.1 Å². The van der Waals surface area contributed by atoms with Gasteiger partial charge < -0.3 is 20.3 Å². The van der Waals surface area contributed by atoms with Crippen LogP contribution in [0, 0.1) is 0 Å². The number of benzene rings is 2. The van der Waals surface area contributed by atoms with Crippen molar-refractivity contribution < 1.29 is 14.3 Å². The first kappa shape index (κ1) is 23.3. The van der Waals surface area contributed by atoms with E-state index >= 15 is 0 Å².